The van der Waals surface area contributed by atoms with Gasteiger partial charge in [0.2, 0.25) is 0 Å². The van der Waals surface area contributed by atoms with E-state index in [9.17, 15) is 0 Å². The second-order valence-electron chi connectivity index (χ2n) is 3.32. The molecule has 0 radical (unpaired) electrons. The lowest BCUT2D eigenvalue weighted by molar-refractivity contribution is 0.540. The molecule has 0 bridgehead atoms. The first-order valence-corrected chi connectivity index (χ1v) is 5.92. The molecule has 0 saturated carbocycles. The van der Waals surface area contributed by atoms with Crippen molar-refractivity contribution < 1.29 is 4.42 Å². The van der Waals surface area contributed by atoms with Crippen molar-refractivity contribution in [3.05, 3.63) is 58.5 Å². The fourth-order valence-electron chi connectivity index (χ4n) is 1.25. The normalized spacial score (nSPS) is 10.2. The summed E-state index contributed by atoms with van der Waals surface area (Å²) < 4.78 is 5.76. The van der Waals surface area contributed by atoms with Gasteiger partial charge in [0.1, 0.15) is 12.8 Å². The molecule has 1 heterocycles. The summed E-state index contributed by atoms with van der Waals surface area (Å²) in [6.45, 7) is 0.484. The van der Waals surface area contributed by atoms with Crippen LogP contribution in [0.15, 0.2) is 56.7 Å². The van der Waals surface area contributed by atoms with Crippen LogP contribution in [0.1, 0.15) is 11.1 Å². The van der Waals surface area contributed by atoms with Gasteiger partial charge in [-0.05, 0) is 21.5 Å². The van der Waals surface area contributed by atoms with Crippen molar-refractivity contribution in [3.63, 3.8) is 0 Å². The molecule has 2 aromatic rings. The fourth-order valence-corrected chi connectivity index (χ4v) is 1.59. The van der Waals surface area contributed by atoms with E-state index in [1.807, 2.05) is 42.6 Å². The van der Waals surface area contributed by atoms with Crippen LogP contribution in [0, 0.1) is 11.8 Å². The molecule has 17 heavy (non-hydrogen) atoms. The van der Waals surface area contributed by atoms with Crippen LogP contribution < -0.4 is 0 Å². The Labute approximate surface area is 109 Å². The Balaban J connectivity index is 1.88. The Bertz CT molecular complexity index is 561. The molecule has 0 aliphatic heterocycles. The van der Waals surface area contributed by atoms with Crippen molar-refractivity contribution in [2.75, 3.05) is 6.54 Å². The van der Waals surface area contributed by atoms with Gasteiger partial charge >= 0.3 is 0 Å². The molecule has 0 atom stereocenters. The molecule has 0 spiro atoms. The molecule has 0 amide bonds. The molecule has 84 valence electrons. The zero-order valence-electron chi connectivity index (χ0n) is 9.06. The topological polar surface area (TPSA) is 25.5 Å². The number of aliphatic imine (C=N–C) groups is 1. The molecule has 2 rings (SSSR count). The number of furan rings is 1. The Hall–Kier alpha value is -1.79. The van der Waals surface area contributed by atoms with Crippen LogP contribution in [0.3, 0.4) is 0 Å². The lowest BCUT2D eigenvalue weighted by Crippen LogP contribution is -1.81. The summed E-state index contributed by atoms with van der Waals surface area (Å²) in [6.07, 6.45) is 3.43. The maximum Gasteiger partial charge on any atom is 0.170 e. The molecule has 0 unspecified atom stereocenters. The average Bonchev–Trinajstić information content (AvgIpc) is 2.76. The predicted octanol–water partition coefficient (Wildman–Crippen LogP) is 3.51. The number of hydrogen-bond acceptors (Lipinski definition) is 2. The van der Waals surface area contributed by atoms with Crippen molar-refractivity contribution in [1.82, 2.24) is 0 Å². The summed E-state index contributed by atoms with van der Waals surface area (Å²) in [5.41, 5.74) is 1.94. The van der Waals surface area contributed by atoms with E-state index in [0.29, 0.717) is 11.2 Å². The number of hydrogen-bond donors (Lipinski definition) is 0. The van der Waals surface area contributed by atoms with Crippen molar-refractivity contribution in [2.24, 2.45) is 4.99 Å². The summed E-state index contributed by atoms with van der Waals surface area (Å²) in [6, 6.07) is 11.8. The zero-order chi connectivity index (χ0) is 11.9. The third-order valence-corrected chi connectivity index (χ3v) is 2.43. The maximum absolute atomic E-state index is 5.07. The number of nitrogens with zero attached hydrogens (tertiary/aromatic N) is 1. The second-order valence-corrected chi connectivity index (χ2v) is 4.10. The molecular formula is C14H10BrNO. The Morgan fingerprint density at radius 1 is 1.29 bits per heavy atom. The van der Waals surface area contributed by atoms with Gasteiger partial charge in [-0.25, -0.2) is 0 Å². The van der Waals surface area contributed by atoms with Gasteiger partial charge in [-0.2, -0.15) is 0 Å². The highest BCUT2D eigenvalue weighted by atomic mass is 79.9. The van der Waals surface area contributed by atoms with E-state index in [2.05, 4.69) is 32.8 Å². The molecule has 0 aliphatic carbocycles. The van der Waals surface area contributed by atoms with Crippen molar-refractivity contribution >= 4 is 22.1 Å². The minimum atomic E-state index is 0.484. The van der Waals surface area contributed by atoms with Gasteiger partial charge in [0.25, 0.3) is 0 Å². The largest absolute Gasteiger partial charge is 0.456 e. The number of benzene rings is 1. The van der Waals surface area contributed by atoms with E-state index >= 15 is 0 Å². The number of halogens is 1. The molecule has 3 heteroatoms. The summed E-state index contributed by atoms with van der Waals surface area (Å²) in [5.74, 6) is 5.92. The molecule has 0 fully saturated rings. The van der Waals surface area contributed by atoms with Crippen molar-refractivity contribution in [1.29, 1.82) is 0 Å². The Kier molecular flexibility index (Phi) is 4.17. The third-order valence-electron chi connectivity index (χ3n) is 2.01. The van der Waals surface area contributed by atoms with Crippen LogP contribution in [-0.2, 0) is 0 Å². The summed E-state index contributed by atoms with van der Waals surface area (Å²) in [5, 5.41) is 0. The van der Waals surface area contributed by atoms with E-state index in [-0.39, 0.29) is 0 Å². The highest BCUT2D eigenvalue weighted by Crippen LogP contribution is 2.12. The SMILES string of the molecule is Brc1cc(C#CC/N=C/c2ccccc2)co1. The van der Waals surface area contributed by atoms with Crippen LogP contribution in [0.25, 0.3) is 0 Å². The van der Waals surface area contributed by atoms with Gasteiger partial charge in [0.05, 0.1) is 5.56 Å². The van der Waals surface area contributed by atoms with Crippen LogP contribution in [0.4, 0.5) is 0 Å². The van der Waals surface area contributed by atoms with E-state index < -0.39 is 0 Å². The Morgan fingerprint density at radius 3 is 2.82 bits per heavy atom. The van der Waals surface area contributed by atoms with E-state index in [0.717, 1.165) is 11.1 Å². The lowest BCUT2D eigenvalue weighted by atomic mass is 10.2. The average molecular weight is 288 g/mol. The first-order valence-electron chi connectivity index (χ1n) is 5.12. The molecule has 0 N–H and O–H groups in total. The van der Waals surface area contributed by atoms with Crippen LogP contribution in [0.2, 0.25) is 0 Å². The van der Waals surface area contributed by atoms with Gasteiger partial charge in [-0.3, -0.25) is 4.99 Å². The summed E-state index contributed by atoms with van der Waals surface area (Å²) >= 11 is 3.22. The standard InChI is InChI=1S/C14H10BrNO/c15-14-9-13(11-17-14)7-4-8-16-10-12-5-2-1-3-6-12/h1-3,5-6,9-11H,8H2/b16-10+. The van der Waals surface area contributed by atoms with Gasteiger partial charge in [-0.1, -0.05) is 42.2 Å². The lowest BCUT2D eigenvalue weighted by Gasteiger charge is -1.88. The molecule has 1 aromatic carbocycles. The van der Waals surface area contributed by atoms with E-state index in [4.69, 9.17) is 4.42 Å². The van der Waals surface area contributed by atoms with Crippen molar-refractivity contribution in [3.8, 4) is 11.8 Å². The smallest absolute Gasteiger partial charge is 0.170 e. The first kappa shape index (κ1) is 11.7. The van der Waals surface area contributed by atoms with Crippen LogP contribution in [-0.4, -0.2) is 12.8 Å². The molecule has 2 nitrogen and oxygen atoms in total. The molecule has 0 aliphatic rings. The monoisotopic (exact) mass is 287 g/mol. The maximum atomic E-state index is 5.07. The first-order chi connectivity index (χ1) is 8.34. The van der Waals surface area contributed by atoms with E-state index in [1.54, 1.807) is 6.26 Å². The Morgan fingerprint density at radius 2 is 2.12 bits per heavy atom. The fraction of sp³-hybridized carbons (Fsp3) is 0.0714. The highest BCUT2D eigenvalue weighted by Gasteiger charge is 1.92. The van der Waals surface area contributed by atoms with Crippen molar-refractivity contribution in [2.45, 2.75) is 0 Å². The van der Waals surface area contributed by atoms with E-state index in [1.165, 1.54) is 0 Å². The number of rotatable bonds is 2. The summed E-state index contributed by atoms with van der Waals surface area (Å²) in [7, 11) is 0. The quantitative estimate of drug-likeness (QED) is 0.613. The predicted molar refractivity (Wildman–Crippen MR) is 72.2 cm³/mol. The third kappa shape index (κ3) is 3.93. The van der Waals surface area contributed by atoms with Gasteiger partial charge in [0.15, 0.2) is 4.67 Å². The highest BCUT2D eigenvalue weighted by molar-refractivity contribution is 9.10. The molecular weight excluding hydrogens is 278 g/mol. The minimum absolute atomic E-state index is 0.484. The minimum Gasteiger partial charge on any atom is -0.456 e. The van der Waals surface area contributed by atoms with Crippen LogP contribution >= 0.6 is 15.9 Å². The van der Waals surface area contributed by atoms with Gasteiger partial charge in [0, 0.05) is 12.3 Å². The van der Waals surface area contributed by atoms with Gasteiger partial charge < -0.3 is 4.42 Å². The molecule has 0 saturated heterocycles. The second kappa shape index (κ2) is 6.07. The van der Waals surface area contributed by atoms with Gasteiger partial charge in [-0.15, -0.1) is 0 Å². The van der Waals surface area contributed by atoms with Crippen LogP contribution in [0.5, 0.6) is 0 Å². The zero-order valence-corrected chi connectivity index (χ0v) is 10.6. The molecule has 1 aromatic heterocycles. The summed E-state index contributed by atoms with van der Waals surface area (Å²) in [4.78, 5) is 4.22.